The van der Waals surface area contributed by atoms with E-state index in [-0.39, 0.29) is 5.91 Å². The van der Waals surface area contributed by atoms with Crippen molar-refractivity contribution in [2.45, 2.75) is 65.0 Å². The number of hydrogen-bond donors (Lipinski definition) is 0. The smallest absolute Gasteiger partial charge is 0.227 e. The first-order valence-electron chi connectivity index (χ1n) is 8.80. The lowest BCUT2D eigenvalue weighted by Gasteiger charge is -2.41. The van der Waals surface area contributed by atoms with Crippen molar-refractivity contribution in [3.63, 3.8) is 0 Å². The first-order chi connectivity index (χ1) is 10.8. The number of hydrogen-bond acceptors (Lipinski definition) is 2. The van der Waals surface area contributed by atoms with E-state index in [2.05, 4.69) is 51.9 Å². The van der Waals surface area contributed by atoms with Crippen LogP contribution in [0.25, 0.3) is 0 Å². The fourth-order valence-electron chi connectivity index (χ4n) is 4.10. The Morgan fingerprint density at radius 1 is 1.00 bits per heavy atom. The molecule has 0 bridgehead atoms. The highest BCUT2D eigenvalue weighted by Gasteiger charge is 2.32. The van der Waals surface area contributed by atoms with Gasteiger partial charge < -0.3 is 9.80 Å². The number of likely N-dealkylation sites (N-methyl/N-ethyl adjacent to an activating group) is 2. The molecular weight excluding hydrogens is 284 g/mol. The van der Waals surface area contributed by atoms with Crippen LogP contribution in [0.15, 0.2) is 12.1 Å². The molecule has 0 N–H and O–H groups in total. The van der Waals surface area contributed by atoms with Gasteiger partial charge in [0.1, 0.15) is 0 Å². The SMILES string of the molecule is Cc1cc(C)c(CC(=O)N(C)[C@@H]2CCCC[C@H]2N(C)C)c(C)c1. The Morgan fingerprint density at radius 2 is 1.52 bits per heavy atom. The Labute approximate surface area is 141 Å². The topological polar surface area (TPSA) is 23.6 Å². The third kappa shape index (κ3) is 4.14. The van der Waals surface area contributed by atoms with Gasteiger partial charge in [0.15, 0.2) is 0 Å². The van der Waals surface area contributed by atoms with E-state index in [1.807, 2.05) is 11.9 Å². The number of benzene rings is 1. The fourth-order valence-corrected chi connectivity index (χ4v) is 4.10. The molecule has 1 aliphatic carbocycles. The summed E-state index contributed by atoms with van der Waals surface area (Å²) in [5, 5.41) is 0. The number of nitrogens with zero attached hydrogens (tertiary/aromatic N) is 2. The van der Waals surface area contributed by atoms with Crippen LogP contribution < -0.4 is 0 Å². The standard InChI is InChI=1S/C20H32N2O/c1-14-11-15(2)17(16(3)12-14)13-20(23)22(6)19-10-8-7-9-18(19)21(4)5/h11-12,18-19H,7-10,13H2,1-6H3/t18-,19-/m1/s1. The molecular formula is C20H32N2O. The van der Waals surface area contributed by atoms with Gasteiger partial charge in [-0.2, -0.15) is 0 Å². The van der Waals surface area contributed by atoms with Crippen molar-refractivity contribution in [1.29, 1.82) is 0 Å². The molecule has 2 rings (SSSR count). The van der Waals surface area contributed by atoms with Crippen molar-refractivity contribution in [1.82, 2.24) is 9.80 Å². The van der Waals surface area contributed by atoms with E-state index in [4.69, 9.17) is 0 Å². The van der Waals surface area contributed by atoms with Crippen LogP contribution in [0.5, 0.6) is 0 Å². The Balaban J connectivity index is 2.13. The molecule has 0 saturated heterocycles. The molecule has 0 spiro atoms. The summed E-state index contributed by atoms with van der Waals surface area (Å²) >= 11 is 0. The van der Waals surface area contributed by atoms with Crippen LogP contribution >= 0.6 is 0 Å². The molecule has 0 unspecified atom stereocenters. The van der Waals surface area contributed by atoms with E-state index in [9.17, 15) is 4.79 Å². The molecule has 1 aromatic carbocycles. The highest BCUT2D eigenvalue weighted by atomic mass is 16.2. The van der Waals surface area contributed by atoms with Crippen molar-refractivity contribution in [3.05, 3.63) is 34.4 Å². The van der Waals surface area contributed by atoms with Gasteiger partial charge in [0.05, 0.1) is 6.42 Å². The lowest BCUT2D eigenvalue weighted by atomic mass is 9.88. The Bertz CT molecular complexity index is 542. The average molecular weight is 316 g/mol. The predicted molar refractivity (Wildman–Crippen MR) is 96.9 cm³/mol. The van der Waals surface area contributed by atoms with Gasteiger partial charge in [-0.3, -0.25) is 4.79 Å². The van der Waals surface area contributed by atoms with Crippen LogP contribution in [0.2, 0.25) is 0 Å². The minimum absolute atomic E-state index is 0.249. The largest absolute Gasteiger partial charge is 0.341 e. The first-order valence-corrected chi connectivity index (χ1v) is 8.80. The maximum Gasteiger partial charge on any atom is 0.227 e. The molecule has 0 aromatic heterocycles. The summed E-state index contributed by atoms with van der Waals surface area (Å²) in [5.74, 6) is 0.249. The van der Waals surface area contributed by atoms with E-state index in [0.29, 0.717) is 18.5 Å². The lowest BCUT2D eigenvalue weighted by Crippen LogP contribution is -2.52. The Hall–Kier alpha value is -1.35. The van der Waals surface area contributed by atoms with Crippen molar-refractivity contribution in [3.8, 4) is 0 Å². The predicted octanol–water partition coefficient (Wildman–Crippen LogP) is 3.49. The van der Waals surface area contributed by atoms with Gasteiger partial charge in [-0.05, 0) is 64.4 Å². The van der Waals surface area contributed by atoms with Crippen LogP contribution in [0.3, 0.4) is 0 Å². The zero-order valence-corrected chi connectivity index (χ0v) is 15.6. The second kappa shape index (κ2) is 7.48. The third-order valence-corrected chi connectivity index (χ3v) is 5.42. The summed E-state index contributed by atoms with van der Waals surface area (Å²) in [5.41, 5.74) is 4.93. The number of amides is 1. The van der Waals surface area contributed by atoms with Crippen LogP contribution in [0.4, 0.5) is 0 Å². The number of rotatable bonds is 4. The normalized spacial score (nSPS) is 21.5. The van der Waals surface area contributed by atoms with Crippen LogP contribution in [0.1, 0.15) is 47.9 Å². The van der Waals surface area contributed by atoms with Crippen molar-refractivity contribution in [2.75, 3.05) is 21.1 Å². The van der Waals surface area contributed by atoms with Crippen LogP contribution in [-0.2, 0) is 11.2 Å². The molecule has 1 amide bonds. The summed E-state index contributed by atoms with van der Waals surface area (Å²) in [6.45, 7) is 6.35. The molecule has 1 aliphatic rings. The maximum atomic E-state index is 12.9. The van der Waals surface area contributed by atoms with E-state index in [0.717, 1.165) is 6.42 Å². The van der Waals surface area contributed by atoms with Crippen molar-refractivity contribution >= 4 is 5.91 Å². The van der Waals surface area contributed by atoms with Crippen LogP contribution in [-0.4, -0.2) is 48.9 Å². The summed E-state index contributed by atoms with van der Waals surface area (Å²) in [6.07, 6.45) is 5.34. The molecule has 23 heavy (non-hydrogen) atoms. The zero-order valence-electron chi connectivity index (χ0n) is 15.6. The molecule has 1 saturated carbocycles. The fraction of sp³-hybridized carbons (Fsp3) is 0.650. The molecule has 1 fully saturated rings. The lowest BCUT2D eigenvalue weighted by molar-refractivity contribution is -0.133. The first kappa shape index (κ1) is 18.0. The monoisotopic (exact) mass is 316 g/mol. The molecule has 3 heteroatoms. The average Bonchev–Trinajstić information content (AvgIpc) is 2.49. The molecule has 1 aromatic rings. The van der Waals surface area contributed by atoms with E-state index < -0.39 is 0 Å². The second-order valence-electron chi connectivity index (χ2n) is 7.44. The highest BCUT2D eigenvalue weighted by Crippen LogP contribution is 2.26. The van der Waals surface area contributed by atoms with Gasteiger partial charge in [0, 0.05) is 19.1 Å². The van der Waals surface area contributed by atoms with Crippen molar-refractivity contribution in [2.24, 2.45) is 0 Å². The van der Waals surface area contributed by atoms with Gasteiger partial charge in [0.25, 0.3) is 0 Å². The quantitative estimate of drug-likeness (QED) is 0.849. The van der Waals surface area contributed by atoms with Crippen LogP contribution in [0, 0.1) is 20.8 Å². The second-order valence-corrected chi connectivity index (χ2v) is 7.44. The highest BCUT2D eigenvalue weighted by molar-refractivity contribution is 5.79. The van der Waals surface area contributed by atoms with E-state index >= 15 is 0 Å². The minimum atomic E-state index is 0.249. The number of aryl methyl sites for hydroxylation is 3. The molecule has 0 heterocycles. The molecule has 3 nitrogen and oxygen atoms in total. The van der Waals surface area contributed by atoms with Gasteiger partial charge in [-0.15, -0.1) is 0 Å². The van der Waals surface area contributed by atoms with Gasteiger partial charge in [0.2, 0.25) is 5.91 Å². The van der Waals surface area contributed by atoms with Crippen molar-refractivity contribution < 1.29 is 4.79 Å². The number of carbonyl (C=O) groups excluding carboxylic acids is 1. The molecule has 2 atom stereocenters. The van der Waals surface area contributed by atoms with Gasteiger partial charge in [-0.25, -0.2) is 0 Å². The number of carbonyl (C=O) groups is 1. The van der Waals surface area contributed by atoms with Gasteiger partial charge in [-0.1, -0.05) is 30.5 Å². The molecule has 0 radical (unpaired) electrons. The Morgan fingerprint density at radius 3 is 2.04 bits per heavy atom. The molecule has 0 aliphatic heterocycles. The van der Waals surface area contributed by atoms with E-state index in [1.165, 1.54) is 41.5 Å². The minimum Gasteiger partial charge on any atom is -0.341 e. The summed E-state index contributed by atoms with van der Waals surface area (Å²) in [4.78, 5) is 17.2. The summed E-state index contributed by atoms with van der Waals surface area (Å²) < 4.78 is 0. The van der Waals surface area contributed by atoms with E-state index in [1.54, 1.807) is 0 Å². The maximum absolute atomic E-state index is 12.9. The molecule has 128 valence electrons. The Kier molecular flexibility index (Phi) is 5.85. The zero-order chi connectivity index (χ0) is 17.1. The summed E-state index contributed by atoms with van der Waals surface area (Å²) in [6, 6.07) is 5.19. The summed E-state index contributed by atoms with van der Waals surface area (Å²) in [7, 11) is 6.26. The third-order valence-electron chi connectivity index (χ3n) is 5.42. The van der Waals surface area contributed by atoms with Gasteiger partial charge >= 0.3 is 0 Å².